The molecule has 21 heavy (non-hydrogen) atoms. The van der Waals surface area contributed by atoms with E-state index in [2.05, 4.69) is 24.1 Å². The fraction of sp³-hybridized carbons (Fsp3) is 1.00. The van der Waals surface area contributed by atoms with Crippen LogP contribution in [-0.2, 0) is 0 Å². The molecule has 0 aromatic heterocycles. The molecule has 3 rings (SSSR count). The van der Waals surface area contributed by atoms with Crippen LogP contribution in [0, 0.1) is 11.8 Å². The lowest BCUT2D eigenvalue weighted by molar-refractivity contribution is -0.0124. The van der Waals surface area contributed by atoms with Gasteiger partial charge in [0.25, 0.3) is 0 Å². The van der Waals surface area contributed by atoms with Gasteiger partial charge in [-0.2, -0.15) is 0 Å². The lowest BCUT2D eigenvalue weighted by Crippen LogP contribution is -2.64. The average molecular weight is 293 g/mol. The number of rotatable bonds is 2. The van der Waals surface area contributed by atoms with Crippen LogP contribution >= 0.6 is 0 Å². The summed E-state index contributed by atoms with van der Waals surface area (Å²) in [6, 6.07) is 0.883. The van der Waals surface area contributed by atoms with Crippen molar-refractivity contribution in [2.45, 2.75) is 89.6 Å². The molecule has 2 nitrogen and oxygen atoms in total. The third-order valence-electron chi connectivity index (χ3n) is 6.74. The number of piperazine rings is 1. The van der Waals surface area contributed by atoms with E-state index in [1.165, 1.54) is 83.8 Å². The standard InChI is InChI=1S/C19H36N2/c1-16(2)17-7-6-8-18(10-9-17)21-14-13-20-15-19(21)11-4-3-5-12-19/h16-18,20H,3-15H2,1-2H3. The summed E-state index contributed by atoms with van der Waals surface area (Å²) in [6.07, 6.45) is 14.6. The van der Waals surface area contributed by atoms with E-state index in [0.29, 0.717) is 5.54 Å². The molecule has 1 spiro atoms. The summed E-state index contributed by atoms with van der Waals surface area (Å²) < 4.78 is 0. The molecule has 1 N–H and O–H groups in total. The Morgan fingerprint density at radius 2 is 1.76 bits per heavy atom. The molecular weight excluding hydrogens is 256 g/mol. The van der Waals surface area contributed by atoms with Gasteiger partial charge in [0.2, 0.25) is 0 Å². The SMILES string of the molecule is CC(C)C1CCCC(N2CCNCC23CCCCC3)CC1. The van der Waals surface area contributed by atoms with Gasteiger partial charge in [0.05, 0.1) is 0 Å². The van der Waals surface area contributed by atoms with Crippen molar-refractivity contribution < 1.29 is 0 Å². The van der Waals surface area contributed by atoms with Gasteiger partial charge in [-0.25, -0.2) is 0 Å². The highest BCUT2D eigenvalue weighted by Gasteiger charge is 2.42. The largest absolute Gasteiger partial charge is 0.314 e. The number of hydrogen-bond donors (Lipinski definition) is 1. The molecule has 3 aliphatic rings. The van der Waals surface area contributed by atoms with Crippen molar-refractivity contribution in [3.63, 3.8) is 0 Å². The van der Waals surface area contributed by atoms with Crippen molar-refractivity contribution in [1.29, 1.82) is 0 Å². The van der Waals surface area contributed by atoms with Crippen molar-refractivity contribution in [3.05, 3.63) is 0 Å². The molecule has 122 valence electrons. The van der Waals surface area contributed by atoms with E-state index in [1.54, 1.807) is 0 Å². The van der Waals surface area contributed by atoms with E-state index < -0.39 is 0 Å². The molecule has 1 saturated heterocycles. The van der Waals surface area contributed by atoms with Crippen molar-refractivity contribution in [1.82, 2.24) is 10.2 Å². The predicted octanol–water partition coefficient (Wildman–Crippen LogP) is 4.20. The van der Waals surface area contributed by atoms with Gasteiger partial charge in [-0.3, -0.25) is 4.90 Å². The molecule has 0 radical (unpaired) electrons. The van der Waals surface area contributed by atoms with Crippen LogP contribution in [0.4, 0.5) is 0 Å². The molecule has 1 aliphatic heterocycles. The lowest BCUT2D eigenvalue weighted by atomic mass is 9.77. The second-order valence-electron chi connectivity index (χ2n) is 8.32. The summed E-state index contributed by atoms with van der Waals surface area (Å²) >= 11 is 0. The second kappa shape index (κ2) is 7.00. The minimum atomic E-state index is 0.527. The maximum absolute atomic E-state index is 3.72. The summed E-state index contributed by atoms with van der Waals surface area (Å²) in [5.74, 6) is 1.87. The number of hydrogen-bond acceptors (Lipinski definition) is 2. The van der Waals surface area contributed by atoms with E-state index in [4.69, 9.17) is 0 Å². The normalized spacial score (nSPS) is 35.0. The quantitative estimate of drug-likeness (QED) is 0.767. The molecule has 2 atom stereocenters. The first kappa shape index (κ1) is 15.8. The second-order valence-corrected chi connectivity index (χ2v) is 8.32. The fourth-order valence-electron chi connectivity index (χ4n) is 5.39. The minimum absolute atomic E-state index is 0.527. The Morgan fingerprint density at radius 1 is 0.952 bits per heavy atom. The fourth-order valence-corrected chi connectivity index (χ4v) is 5.39. The Morgan fingerprint density at radius 3 is 2.52 bits per heavy atom. The van der Waals surface area contributed by atoms with Gasteiger partial charge in [-0.15, -0.1) is 0 Å². The van der Waals surface area contributed by atoms with Crippen LogP contribution < -0.4 is 5.32 Å². The molecule has 0 bridgehead atoms. The van der Waals surface area contributed by atoms with Crippen LogP contribution in [0.3, 0.4) is 0 Å². The summed E-state index contributed by atoms with van der Waals surface area (Å²) in [5.41, 5.74) is 0.527. The maximum Gasteiger partial charge on any atom is 0.0337 e. The molecular formula is C19H36N2. The first-order valence-corrected chi connectivity index (χ1v) is 9.69. The van der Waals surface area contributed by atoms with Crippen molar-refractivity contribution >= 4 is 0 Å². The van der Waals surface area contributed by atoms with Gasteiger partial charge < -0.3 is 5.32 Å². The van der Waals surface area contributed by atoms with E-state index in [0.717, 1.165) is 17.9 Å². The zero-order chi connectivity index (χ0) is 14.7. The van der Waals surface area contributed by atoms with Gasteiger partial charge >= 0.3 is 0 Å². The van der Waals surface area contributed by atoms with E-state index in [9.17, 15) is 0 Å². The molecule has 2 saturated carbocycles. The van der Waals surface area contributed by atoms with Gasteiger partial charge in [0.15, 0.2) is 0 Å². The summed E-state index contributed by atoms with van der Waals surface area (Å²) in [7, 11) is 0. The Hall–Kier alpha value is -0.0800. The molecule has 2 heteroatoms. The Bertz CT molecular complexity index is 311. The van der Waals surface area contributed by atoms with E-state index >= 15 is 0 Å². The zero-order valence-corrected chi connectivity index (χ0v) is 14.4. The highest BCUT2D eigenvalue weighted by molar-refractivity contribution is 5.00. The summed E-state index contributed by atoms with van der Waals surface area (Å²) in [6.45, 7) is 8.64. The smallest absolute Gasteiger partial charge is 0.0337 e. The van der Waals surface area contributed by atoms with Crippen LogP contribution in [0.25, 0.3) is 0 Å². The summed E-state index contributed by atoms with van der Waals surface area (Å²) in [5, 5.41) is 3.72. The Balaban J connectivity index is 1.68. The van der Waals surface area contributed by atoms with Crippen molar-refractivity contribution in [2.24, 2.45) is 11.8 Å². The molecule has 2 unspecified atom stereocenters. The summed E-state index contributed by atoms with van der Waals surface area (Å²) in [4.78, 5) is 2.99. The Labute approximate surface area is 132 Å². The van der Waals surface area contributed by atoms with Crippen LogP contribution in [0.5, 0.6) is 0 Å². The van der Waals surface area contributed by atoms with E-state index in [1.807, 2.05) is 0 Å². The van der Waals surface area contributed by atoms with Gasteiger partial charge in [-0.05, 0) is 43.9 Å². The van der Waals surface area contributed by atoms with Gasteiger partial charge in [0, 0.05) is 31.2 Å². The highest BCUT2D eigenvalue weighted by atomic mass is 15.3. The molecule has 0 aromatic carbocycles. The van der Waals surface area contributed by atoms with Crippen LogP contribution in [0.1, 0.15) is 78.1 Å². The van der Waals surface area contributed by atoms with Crippen LogP contribution in [-0.4, -0.2) is 36.1 Å². The number of nitrogens with one attached hydrogen (secondary N) is 1. The van der Waals surface area contributed by atoms with Crippen LogP contribution in [0.15, 0.2) is 0 Å². The van der Waals surface area contributed by atoms with Gasteiger partial charge in [-0.1, -0.05) is 46.0 Å². The third kappa shape index (κ3) is 3.47. The van der Waals surface area contributed by atoms with Crippen molar-refractivity contribution in [3.8, 4) is 0 Å². The molecule has 0 amide bonds. The highest BCUT2D eigenvalue weighted by Crippen LogP contribution is 2.39. The predicted molar refractivity (Wildman–Crippen MR) is 90.6 cm³/mol. The topological polar surface area (TPSA) is 15.3 Å². The lowest BCUT2D eigenvalue weighted by Gasteiger charge is -2.53. The monoisotopic (exact) mass is 292 g/mol. The maximum atomic E-state index is 3.72. The zero-order valence-electron chi connectivity index (χ0n) is 14.4. The molecule has 3 fully saturated rings. The van der Waals surface area contributed by atoms with Gasteiger partial charge in [0.1, 0.15) is 0 Å². The third-order valence-corrected chi connectivity index (χ3v) is 6.74. The molecule has 2 aliphatic carbocycles. The van der Waals surface area contributed by atoms with Crippen LogP contribution in [0.2, 0.25) is 0 Å². The number of nitrogens with zero attached hydrogens (tertiary/aromatic N) is 1. The average Bonchev–Trinajstić information content (AvgIpc) is 2.74. The Kier molecular flexibility index (Phi) is 5.27. The molecule has 1 heterocycles. The van der Waals surface area contributed by atoms with E-state index in [-0.39, 0.29) is 0 Å². The minimum Gasteiger partial charge on any atom is -0.314 e. The first-order chi connectivity index (χ1) is 10.2. The molecule has 0 aromatic rings. The first-order valence-electron chi connectivity index (χ1n) is 9.69. The van der Waals surface area contributed by atoms with Crippen molar-refractivity contribution in [2.75, 3.05) is 19.6 Å².